The van der Waals surface area contributed by atoms with Crippen LogP contribution >= 0.6 is 11.6 Å². The average Bonchev–Trinajstić information content (AvgIpc) is 2.28. The number of alkyl halides is 1. The summed E-state index contributed by atoms with van der Waals surface area (Å²) in [6.45, 7) is 0.255. The van der Waals surface area contributed by atoms with Crippen molar-refractivity contribution in [3.05, 3.63) is 35.4 Å². The SMILES string of the molecule is NC(=O)CCNC(=O)c1ccc(CCl)cc1. The Morgan fingerprint density at radius 1 is 1.25 bits per heavy atom. The summed E-state index contributed by atoms with van der Waals surface area (Å²) in [7, 11) is 0. The number of primary amides is 1. The molecule has 0 aliphatic carbocycles. The van der Waals surface area contributed by atoms with Gasteiger partial charge >= 0.3 is 0 Å². The maximum absolute atomic E-state index is 11.5. The zero-order valence-electron chi connectivity index (χ0n) is 8.70. The summed E-state index contributed by atoms with van der Waals surface area (Å²) in [6, 6.07) is 6.96. The van der Waals surface area contributed by atoms with Gasteiger partial charge in [-0.25, -0.2) is 0 Å². The number of benzene rings is 1. The number of nitrogens with one attached hydrogen (secondary N) is 1. The highest BCUT2D eigenvalue weighted by molar-refractivity contribution is 6.17. The Bertz CT molecular complexity index is 376. The molecule has 0 aromatic heterocycles. The molecule has 0 atom stereocenters. The molecule has 1 aromatic rings. The van der Waals surface area contributed by atoms with Gasteiger partial charge in [-0.1, -0.05) is 12.1 Å². The van der Waals surface area contributed by atoms with Crippen LogP contribution in [0.3, 0.4) is 0 Å². The number of rotatable bonds is 5. The Hall–Kier alpha value is -1.55. The predicted molar refractivity (Wildman–Crippen MR) is 62.1 cm³/mol. The fraction of sp³-hybridized carbons (Fsp3) is 0.273. The van der Waals surface area contributed by atoms with Gasteiger partial charge in [-0.05, 0) is 17.7 Å². The van der Waals surface area contributed by atoms with Crippen LogP contribution in [0.2, 0.25) is 0 Å². The van der Waals surface area contributed by atoms with Crippen molar-refractivity contribution in [1.29, 1.82) is 0 Å². The Morgan fingerprint density at radius 3 is 2.38 bits per heavy atom. The van der Waals surface area contributed by atoms with Crippen LogP contribution in [0.15, 0.2) is 24.3 Å². The van der Waals surface area contributed by atoms with Gasteiger partial charge in [-0.15, -0.1) is 11.6 Å². The van der Waals surface area contributed by atoms with Gasteiger partial charge in [-0.2, -0.15) is 0 Å². The van der Waals surface area contributed by atoms with Crippen molar-refractivity contribution in [3.8, 4) is 0 Å². The van der Waals surface area contributed by atoms with Crippen molar-refractivity contribution < 1.29 is 9.59 Å². The van der Waals surface area contributed by atoms with E-state index in [1.54, 1.807) is 24.3 Å². The molecule has 4 nitrogen and oxygen atoms in total. The third kappa shape index (κ3) is 3.90. The van der Waals surface area contributed by atoms with Crippen LogP contribution in [0.5, 0.6) is 0 Å². The number of carbonyl (C=O) groups excluding carboxylic acids is 2. The standard InChI is InChI=1S/C11H13ClN2O2/c12-7-8-1-3-9(4-2-8)11(16)14-6-5-10(13)15/h1-4H,5-7H2,(H2,13,15)(H,14,16). The molecule has 0 aliphatic heterocycles. The lowest BCUT2D eigenvalue weighted by atomic mass is 10.1. The van der Waals surface area contributed by atoms with Crippen molar-refractivity contribution in [2.45, 2.75) is 12.3 Å². The molecule has 0 saturated carbocycles. The van der Waals surface area contributed by atoms with E-state index in [9.17, 15) is 9.59 Å². The second-order valence-electron chi connectivity index (χ2n) is 3.30. The molecule has 0 bridgehead atoms. The molecule has 0 saturated heterocycles. The van der Waals surface area contributed by atoms with Crippen LogP contribution in [-0.4, -0.2) is 18.4 Å². The van der Waals surface area contributed by atoms with Crippen molar-refractivity contribution in [1.82, 2.24) is 5.32 Å². The number of halogens is 1. The van der Waals surface area contributed by atoms with E-state index < -0.39 is 5.91 Å². The monoisotopic (exact) mass is 240 g/mol. The van der Waals surface area contributed by atoms with Gasteiger partial charge in [0.2, 0.25) is 5.91 Å². The van der Waals surface area contributed by atoms with E-state index in [2.05, 4.69) is 5.32 Å². The van der Waals surface area contributed by atoms with Crippen molar-refractivity contribution in [2.24, 2.45) is 5.73 Å². The first-order valence-corrected chi connectivity index (χ1v) is 5.38. The van der Waals surface area contributed by atoms with E-state index in [0.29, 0.717) is 11.4 Å². The molecule has 5 heteroatoms. The summed E-state index contributed by atoms with van der Waals surface area (Å²) in [5, 5.41) is 2.60. The minimum absolute atomic E-state index is 0.144. The highest BCUT2D eigenvalue weighted by Gasteiger charge is 2.04. The first-order chi connectivity index (χ1) is 7.63. The molecule has 1 rings (SSSR count). The maximum Gasteiger partial charge on any atom is 0.251 e. The van der Waals surface area contributed by atoms with E-state index in [1.807, 2.05) is 0 Å². The summed E-state index contributed by atoms with van der Waals surface area (Å²) < 4.78 is 0. The van der Waals surface area contributed by atoms with Gasteiger partial charge < -0.3 is 11.1 Å². The second-order valence-corrected chi connectivity index (χ2v) is 3.57. The topological polar surface area (TPSA) is 72.2 Å². The van der Waals surface area contributed by atoms with Gasteiger partial charge in [0.1, 0.15) is 0 Å². The zero-order valence-corrected chi connectivity index (χ0v) is 9.46. The fourth-order valence-corrected chi connectivity index (χ4v) is 1.32. The normalized spacial score (nSPS) is 9.81. The number of nitrogens with two attached hydrogens (primary N) is 1. The van der Waals surface area contributed by atoms with Gasteiger partial charge in [0.05, 0.1) is 0 Å². The Balaban J connectivity index is 2.49. The van der Waals surface area contributed by atoms with Crippen molar-refractivity contribution in [2.75, 3.05) is 6.54 Å². The van der Waals surface area contributed by atoms with E-state index in [1.165, 1.54) is 0 Å². The Kier molecular flexibility index (Phi) is 4.79. The van der Waals surface area contributed by atoms with Gasteiger partial charge in [0.25, 0.3) is 5.91 Å². The molecule has 3 N–H and O–H groups in total. The van der Waals surface area contributed by atoms with Crippen molar-refractivity contribution >= 4 is 23.4 Å². The summed E-state index contributed by atoms with van der Waals surface area (Å²) in [5.41, 5.74) is 6.44. The molecule has 1 aromatic carbocycles. The predicted octanol–water partition coefficient (Wildman–Crippen LogP) is 1.03. The quantitative estimate of drug-likeness (QED) is 0.755. The molecule has 0 fully saturated rings. The van der Waals surface area contributed by atoms with Gasteiger partial charge in [-0.3, -0.25) is 9.59 Å². The highest BCUT2D eigenvalue weighted by Crippen LogP contribution is 2.06. The summed E-state index contributed by atoms with van der Waals surface area (Å²) >= 11 is 5.63. The van der Waals surface area contributed by atoms with E-state index in [0.717, 1.165) is 5.56 Å². The van der Waals surface area contributed by atoms with Crippen LogP contribution in [0, 0.1) is 0 Å². The fourth-order valence-electron chi connectivity index (χ4n) is 1.15. The minimum atomic E-state index is -0.433. The lowest BCUT2D eigenvalue weighted by molar-refractivity contribution is -0.117. The smallest absolute Gasteiger partial charge is 0.251 e. The molecule has 0 spiro atoms. The van der Waals surface area contributed by atoms with Gasteiger partial charge in [0.15, 0.2) is 0 Å². The largest absolute Gasteiger partial charge is 0.370 e. The van der Waals surface area contributed by atoms with Crippen LogP contribution in [0.25, 0.3) is 0 Å². The molecule has 0 aliphatic rings. The van der Waals surface area contributed by atoms with Crippen molar-refractivity contribution in [3.63, 3.8) is 0 Å². The van der Waals surface area contributed by atoms with E-state index in [-0.39, 0.29) is 18.9 Å². The molecule has 0 radical (unpaired) electrons. The Labute approximate surface area is 98.8 Å². The first-order valence-electron chi connectivity index (χ1n) is 4.85. The molecule has 2 amide bonds. The Morgan fingerprint density at radius 2 is 1.88 bits per heavy atom. The molecular formula is C11H13ClN2O2. The number of carbonyl (C=O) groups is 2. The molecule has 16 heavy (non-hydrogen) atoms. The van der Waals surface area contributed by atoms with Crippen LogP contribution in [-0.2, 0) is 10.7 Å². The third-order valence-electron chi connectivity index (χ3n) is 2.03. The third-order valence-corrected chi connectivity index (χ3v) is 2.34. The number of hydrogen-bond donors (Lipinski definition) is 2. The van der Waals surface area contributed by atoms with Crippen LogP contribution in [0.4, 0.5) is 0 Å². The van der Waals surface area contributed by atoms with Crippen LogP contribution < -0.4 is 11.1 Å². The first kappa shape index (κ1) is 12.5. The maximum atomic E-state index is 11.5. The van der Waals surface area contributed by atoms with Crippen LogP contribution in [0.1, 0.15) is 22.3 Å². The molecular weight excluding hydrogens is 228 g/mol. The summed E-state index contributed by atoms with van der Waals surface area (Å²) in [5.74, 6) is -0.232. The molecule has 86 valence electrons. The molecule has 0 unspecified atom stereocenters. The summed E-state index contributed by atoms with van der Waals surface area (Å²) in [6.07, 6.45) is 0.144. The zero-order chi connectivity index (χ0) is 12.0. The molecule has 0 heterocycles. The minimum Gasteiger partial charge on any atom is -0.370 e. The number of hydrogen-bond acceptors (Lipinski definition) is 2. The van der Waals surface area contributed by atoms with Gasteiger partial charge in [0, 0.05) is 24.4 Å². The van der Waals surface area contributed by atoms with E-state index >= 15 is 0 Å². The second kappa shape index (κ2) is 6.12. The highest BCUT2D eigenvalue weighted by atomic mass is 35.5. The lowest BCUT2D eigenvalue weighted by Crippen LogP contribution is -2.27. The average molecular weight is 241 g/mol. The van der Waals surface area contributed by atoms with E-state index in [4.69, 9.17) is 17.3 Å². The lowest BCUT2D eigenvalue weighted by Gasteiger charge is -2.04. The summed E-state index contributed by atoms with van der Waals surface area (Å²) in [4.78, 5) is 22.0. The number of amides is 2.